The van der Waals surface area contributed by atoms with Crippen molar-refractivity contribution in [2.45, 2.75) is 25.7 Å². The van der Waals surface area contributed by atoms with Crippen LogP contribution in [0.25, 0.3) is 11.3 Å². The van der Waals surface area contributed by atoms with Crippen LogP contribution in [-0.2, 0) is 37.2 Å². The Labute approximate surface area is 204 Å². The normalized spacial score (nSPS) is 16.1. The highest BCUT2D eigenvalue weighted by atomic mass is 32.2. The molecule has 0 saturated carbocycles. The predicted octanol–water partition coefficient (Wildman–Crippen LogP) is 1.11. The summed E-state index contributed by atoms with van der Waals surface area (Å²) in [6.45, 7) is 4.65. The van der Waals surface area contributed by atoms with E-state index < -0.39 is 10.1 Å². The van der Waals surface area contributed by atoms with Crippen molar-refractivity contribution in [1.82, 2.24) is 15.1 Å². The minimum absolute atomic E-state index is 0.0148. The van der Waals surface area contributed by atoms with E-state index in [-0.39, 0.29) is 18.1 Å². The maximum atomic E-state index is 12.3. The number of H-pyrrole nitrogens is 1. The van der Waals surface area contributed by atoms with Gasteiger partial charge in [0.15, 0.2) is 0 Å². The second-order valence-electron chi connectivity index (χ2n) is 8.43. The third-order valence-electron chi connectivity index (χ3n) is 5.61. The Morgan fingerprint density at radius 3 is 2.63 bits per heavy atom. The van der Waals surface area contributed by atoms with Crippen molar-refractivity contribution in [3.05, 3.63) is 45.7 Å². The van der Waals surface area contributed by atoms with Crippen molar-refractivity contribution in [1.29, 1.82) is 0 Å². The maximum absolute atomic E-state index is 12.3. The number of fused-ring (bicyclic) bond motifs is 1. The van der Waals surface area contributed by atoms with E-state index in [0.717, 1.165) is 80.9 Å². The van der Waals surface area contributed by atoms with Crippen molar-refractivity contribution in [2.75, 3.05) is 57.6 Å². The summed E-state index contributed by atoms with van der Waals surface area (Å²) in [5.41, 5.74) is 4.14. The Kier molecular flexibility index (Phi) is 9.93. The molecule has 0 atom stereocenters. The molecule has 0 unspecified atom stereocenters. The average molecular weight is 509 g/mol. The van der Waals surface area contributed by atoms with Gasteiger partial charge in [-0.2, -0.15) is 13.5 Å². The van der Waals surface area contributed by atoms with Crippen molar-refractivity contribution in [3.63, 3.8) is 0 Å². The van der Waals surface area contributed by atoms with Crippen LogP contribution in [0.1, 0.15) is 24.0 Å². The lowest BCUT2D eigenvalue weighted by atomic mass is 9.90. The Morgan fingerprint density at radius 2 is 1.91 bits per heavy atom. The topological polar surface area (TPSA) is 151 Å². The lowest BCUT2D eigenvalue weighted by Crippen LogP contribution is -2.38. The number of nitrogens with one attached hydrogen (secondary N) is 2. The molecule has 1 aliphatic heterocycles. The van der Waals surface area contributed by atoms with Gasteiger partial charge in [-0.1, -0.05) is 12.1 Å². The summed E-state index contributed by atoms with van der Waals surface area (Å²) in [6, 6.07) is 7.56. The van der Waals surface area contributed by atoms with Gasteiger partial charge in [-0.05, 0) is 43.4 Å². The second-order valence-corrected chi connectivity index (χ2v) is 9.90. The van der Waals surface area contributed by atoms with Gasteiger partial charge in [0, 0.05) is 36.4 Å². The van der Waals surface area contributed by atoms with Gasteiger partial charge < -0.3 is 14.8 Å². The fraction of sp³-hybridized carbons (Fsp3) is 0.522. The van der Waals surface area contributed by atoms with E-state index in [0.29, 0.717) is 18.6 Å². The minimum atomic E-state index is -3.67. The average Bonchev–Trinajstić information content (AvgIpc) is 2.82. The fourth-order valence-corrected chi connectivity index (χ4v) is 4.02. The Hall–Kier alpha value is -2.64. The lowest BCUT2D eigenvalue weighted by molar-refractivity contribution is -0.120. The molecule has 1 amide bonds. The quantitative estimate of drug-likeness (QED) is 0.369. The molecule has 1 aliphatic carbocycles. The van der Waals surface area contributed by atoms with E-state index in [1.54, 1.807) is 0 Å². The molecule has 1 saturated heterocycles. The van der Waals surface area contributed by atoms with Gasteiger partial charge in [0.05, 0.1) is 31.8 Å². The predicted molar refractivity (Wildman–Crippen MR) is 131 cm³/mol. The maximum Gasteiger partial charge on any atom is 0.267 e. The van der Waals surface area contributed by atoms with Crippen molar-refractivity contribution in [2.24, 2.45) is 0 Å². The van der Waals surface area contributed by atoms with Crippen LogP contribution in [0.3, 0.4) is 0 Å². The molecule has 1 aromatic heterocycles. The number of carbonyl (C=O) groups is 1. The van der Waals surface area contributed by atoms with Crippen LogP contribution >= 0.6 is 0 Å². The molecular formula is C23H32N4O7S. The van der Waals surface area contributed by atoms with Gasteiger partial charge in [-0.3, -0.25) is 19.0 Å². The number of benzene rings is 1. The number of carbonyl (C=O) groups excluding carboxylic acids is 1. The standard InChI is InChI=1S/C22H28N4O4.CH4O3S/c27-20(15-30-13-10-26-8-11-29-12-9-26)23-17-5-3-4-16(14-17)21-18-6-1-2-7-19(18)22(28)25-24-21;1-5(2,3)4/h3-5,14H,1-2,6-13,15H2,(H,23,27)(H,25,28);1H3,(H,2,3,4). The van der Waals surface area contributed by atoms with Crippen LogP contribution < -0.4 is 10.9 Å². The molecular weight excluding hydrogens is 476 g/mol. The van der Waals surface area contributed by atoms with Gasteiger partial charge in [0.25, 0.3) is 15.7 Å². The molecule has 2 aliphatic rings. The molecule has 0 radical (unpaired) electrons. The second kappa shape index (κ2) is 12.9. The zero-order valence-electron chi connectivity index (χ0n) is 19.8. The summed E-state index contributed by atoms with van der Waals surface area (Å²) in [5.74, 6) is -0.189. The molecule has 2 heterocycles. The molecule has 4 rings (SSSR count). The van der Waals surface area contributed by atoms with Crippen LogP contribution in [0, 0.1) is 0 Å². The molecule has 3 N–H and O–H groups in total. The monoisotopic (exact) mass is 508 g/mol. The van der Waals surface area contributed by atoms with Crippen LogP contribution in [0.2, 0.25) is 0 Å². The summed E-state index contributed by atoms with van der Waals surface area (Å²) < 4.78 is 36.7. The van der Waals surface area contributed by atoms with Gasteiger partial charge in [0.1, 0.15) is 6.61 Å². The molecule has 2 aromatic rings. The van der Waals surface area contributed by atoms with Crippen molar-refractivity contribution >= 4 is 21.7 Å². The Balaban J connectivity index is 0.000000623. The van der Waals surface area contributed by atoms with Crippen LogP contribution in [0.15, 0.2) is 29.1 Å². The number of hydrogen-bond acceptors (Lipinski definition) is 8. The van der Waals surface area contributed by atoms with Crippen molar-refractivity contribution < 1.29 is 27.2 Å². The summed E-state index contributed by atoms with van der Waals surface area (Å²) in [7, 11) is -3.67. The number of aromatic amines is 1. The first-order valence-electron chi connectivity index (χ1n) is 11.5. The molecule has 12 heteroatoms. The summed E-state index contributed by atoms with van der Waals surface area (Å²) in [6.07, 6.45) is 4.45. The Morgan fingerprint density at radius 1 is 1.23 bits per heavy atom. The van der Waals surface area contributed by atoms with E-state index in [2.05, 4.69) is 20.4 Å². The lowest BCUT2D eigenvalue weighted by Gasteiger charge is -2.26. The SMILES string of the molecule is CS(=O)(=O)O.O=C(COCCN1CCOCC1)Nc1cccc(-c2n[nH]c(=O)c3c2CCCC3)c1. The number of aromatic nitrogens is 2. The molecule has 1 fully saturated rings. The Bertz CT molecular complexity index is 1150. The van der Waals surface area contributed by atoms with Gasteiger partial charge in [0.2, 0.25) is 5.91 Å². The van der Waals surface area contributed by atoms with Crippen LogP contribution in [0.5, 0.6) is 0 Å². The molecule has 11 nitrogen and oxygen atoms in total. The summed E-state index contributed by atoms with van der Waals surface area (Å²) in [5, 5.41) is 9.81. The van der Waals surface area contributed by atoms with E-state index >= 15 is 0 Å². The summed E-state index contributed by atoms with van der Waals surface area (Å²) >= 11 is 0. The molecule has 35 heavy (non-hydrogen) atoms. The number of amides is 1. The van der Waals surface area contributed by atoms with Crippen LogP contribution in [-0.4, -0.2) is 86.3 Å². The first kappa shape index (κ1) is 27.0. The van der Waals surface area contributed by atoms with Crippen molar-refractivity contribution in [3.8, 4) is 11.3 Å². The molecule has 0 bridgehead atoms. The largest absolute Gasteiger partial charge is 0.379 e. The molecule has 0 spiro atoms. The zero-order valence-corrected chi connectivity index (χ0v) is 20.6. The zero-order chi connectivity index (χ0) is 25.3. The van der Waals surface area contributed by atoms with E-state index in [1.165, 1.54) is 0 Å². The highest BCUT2D eigenvalue weighted by molar-refractivity contribution is 7.85. The van der Waals surface area contributed by atoms with Crippen LogP contribution in [0.4, 0.5) is 5.69 Å². The number of ether oxygens (including phenoxy) is 2. The minimum Gasteiger partial charge on any atom is -0.379 e. The molecule has 1 aromatic carbocycles. The van der Waals surface area contributed by atoms with Gasteiger partial charge in [-0.15, -0.1) is 0 Å². The highest BCUT2D eigenvalue weighted by Crippen LogP contribution is 2.29. The molecule has 192 valence electrons. The van der Waals surface area contributed by atoms with Gasteiger partial charge >= 0.3 is 0 Å². The first-order chi connectivity index (χ1) is 16.7. The highest BCUT2D eigenvalue weighted by Gasteiger charge is 2.19. The first-order valence-corrected chi connectivity index (χ1v) is 13.4. The third kappa shape index (κ3) is 9.15. The third-order valence-corrected chi connectivity index (χ3v) is 5.61. The van der Waals surface area contributed by atoms with E-state index in [1.807, 2.05) is 24.3 Å². The fourth-order valence-electron chi connectivity index (χ4n) is 4.02. The van der Waals surface area contributed by atoms with E-state index in [9.17, 15) is 18.0 Å². The van der Waals surface area contributed by atoms with E-state index in [4.69, 9.17) is 14.0 Å². The van der Waals surface area contributed by atoms with Gasteiger partial charge in [-0.25, -0.2) is 5.10 Å². The smallest absolute Gasteiger partial charge is 0.267 e. The number of anilines is 1. The number of nitrogens with zero attached hydrogens (tertiary/aromatic N) is 2. The number of rotatable bonds is 7. The number of hydrogen-bond donors (Lipinski definition) is 3. The summed E-state index contributed by atoms with van der Waals surface area (Å²) in [4.78, 5) is 26.6. The number of morpholine rings is 1.